The van der Waals surface area contributed by atoms with Crippen LogP contribution in [0.1, 0.15) is 34.8 Å². The number of aryl methyl sites for hydroxylation is 1. The fourth-order valence-electron chi connectivity index (χ4n) is 4.82. The van der Waals surface area contributed by atoms with Gasteiger partial charge in [-0.1, -0.05) is 24.3 Å². The van der Waals surface area contributed by atoms with Crippen LogP contribution >= 0.6 is 12.2 Å². The molecule has 3 aromatic heterocycles. The first-order chi connectivity index (χ1) is 18.2. The molecule has 6 nitrogen and oxygen atoms in total. The monoisotopic (exact) mass is 506 g/mol. The first-order valence-electron chi connectivity index (χ1n) is 12.2. The molecule has 1 N–H and O–H groups in total. The van der Waals surface area contributed by atoms with E-state index in [1.807, 2.05) is 79.9 Å². The van der Waals surface area contributed by atoms with Gasteiger partial charge in [-0.2, -0.15) is 0 Å². The van der Waals surface area contributed by atoms with E-state index in [-0.39, 0.29) is 12.1 Å². The van der Waals surface area contributed by atoms with Crippen LogP contribution in [0, 0.1) is 6.92 Å². The number of ether oxygens (including phenoxy) is 1. The lowest BCUT2D eigenvalue weighted by Gasteiger charge is -2.29. The number of benzene rings is 2. The zero-order valence-corrected chi connectivity index (χ0v) is 21.1. The van der Waals surface area contributed by atoms with Crippen molar-refractivity contribution < 1.29 is 9.15 Å². The minimum Gasteiger partial charge on any atom is -0.467 e. The van der Waals surface area contributed by atoms with Crippen molar-refractivity contribution in [2.24, 2.45) is 0 Å². The summed E-state index contributed by atoms with van der Waals surface area (Å²) < 4.78 is 14.0. The molecule has 4 heterocycles. The highest BCUT2D eigenvalue weighted by atomic mass is 32.1. The number of furan rings is 1. The largest absolute Gasteiger partial charge is 0.467 e. The van der Waals surface area contributed by atoms with Crippen LogP contribution in [-0.2, 0) is 6.54 Å². The SMILES string of the molecule is Cc1ccccc1Oc1ccc(N2C(=S)N[C@@H](c3ccccn3)[C@H]2c2cccn2Cc2ccco2)cc1. The summed E-state index contributed by atoms with van der Waals surface area (Å²) in [5, 5.41) is 4.18. The minimum absolute atomic E-state index is 0.115. The van der Waals surface area contributed by atoms with Gasteiger partial charge in [0.25, 0.3) is 0 Å². The summed E-state index contributed by atoms with van der Waals surface area (Å²) in [5.74, 6) is 2.51. The van der Waals surface area contributed by atoms with Gasteiger partial charge in [0.1, 0.15) is 23.3 Å². The van der Waals surface area contributed by atoms with Gasteiger partial charge in [-0.3, -0.25) is 4.98 Å². The van der Waals surface area contributed by atoms with Gasteiger partial charge in [-0.15, -0.1) is 0 Å². The van der Waals surface area contributed by atoms with E-state index in [1.165, 1.54) is 0 Å². The third-order valence-corrected chi connectivity index (χ3v) is 6.92. The maximum absolute atomic E-state index is 6.13. The lowest BCUT2D eigenvalue weighted by molar-refractivity contribution is 0.474. The molecule has 1 aliphatic rings. The highest BCUT2D eigenvalue weighted by Gasteiger charge is 2.42. The molecule has 2 aromatic carbocycles. The van der Waals surface area contributed by atoms with Crippen LogP contribution in [0.3, 0.4) is 0 Å². The number of pyridine rings is 1. The quantitative estimate of drug-likeness (QED) is 0.245. The van der Waals surface area contributed by atoms with Crippen molar-refractivity contribution in [3.8, 4) is 11.5 Å². The summed E-state index contributed by atoms with van der Waals surface area (Å²) in [6.07, 6.45) is 5.60. The number of anilines is 1. The molecular weight excluding hydrogens is 480 g/mol. The molecule has 0 bridgehead atoms. The van der Waals surface area contributed by atoms with Crippen molar-refractivity contribution in [2.75, 3.05) is 4.90 Å². The van der Waals surface area contributed by atoms with Crippen LogP contribution < -0.4 is 15.0 Å². The molecule has 0 radical (unpaired) electrons. The van der Waals surface area contributed by atoms with Crippen molar-refractivity contribution in [1.82, 2.24) is 14.9 Å². The average Bonchev–Trinajstić information content (AvgIpc) is 3.67. The van der Waals surface area contributed by atoms with Crippen molar-refractivity contribution in [3.63, 3.8) is 0 Å². The van der Waals surface area contributed by atoms with E-state index in [9.17, 15) is 0 Å². The molecule has 0 spiro atoms. The second-order valence-electron chi connectivity index (χ2n) is 9.00. The highest BCUT2D eigenvalue weighted by Crippen LogP contribution is 2.42. The molecule has 7 heteroatoms. The Labute approximate surface area is 221 Å². The number of nitrogens with one attached hydrogen (secondary N) is 1. The van der Waals surface area contributed by atoms with Gasteiger partial charge in [0.05, 0.1) is 24.5 Å². The highest BCUT2D eigenvalue weighted by molar-refractivity contribution is 7.80. The Hall–Kier alpha value is -4.36. The molecule has 1 fully saturated rings. The molecule has 1 saturated heterocycles. The number of aromatic nitrogens is 2. The standard InChI is InChI=1S/C30H26N4O2S/c1-21-8-2-3-12-27(21)36-23-15-13-22(14-16-23)34-29(28(32-30(34)37)25-10-4-5-17-31-25)26-11-6-18-33(26)20-24-9-7-19-35-24/h2-19,28-29H,20H2,1H3,(H,32,37)/t28-,29+/m0/s1. The number of hydrogen-bond donors (Lipinski definition) is 1. The lowest BCUT2D eigenvalue weighted by Crippen LogP contribution is -2.30. The Bertz CT molecular complexity index is 1500. The smallest absolute Gasteiger partial charge is 0.174 e. The minimum atomic E-state index is -0.123. The second-order valence-corrected chi connectivity index (χ2v) is 9.39. The molecule has 2 atom stereocenters. The van der Waals surface area contributed by atoms with E-state index in [0.717, 1.165) is 39.9 Å². The van der Waals surface area contributed by atoms with E-state index in [0.29, 0.717) is 11.7 Å². The fourth-order valence-corrected chi connectivity index (χ4v) is 5.16. The summed E-state index contributed by atoms with van der Waals surface area (Å²) >= 11 is 5.89. The van der Waals surface area contributed by atoms with E-state index in [2.05, 4.69) is 50.2 Å². The van der Waals surface area contributed by atoms with E-state index >= 15 is 0 Å². The normalized spacial score (nSPS) is 17.1. The van der Waals surface area contributed by atoms with Crippen LogP contribution in [0.2, 0.25) is 0 Å². The van der Waals surface area contributed by atoms with Gasteiger partial charge in [0, 0.05) is 23.8 Å². The lowest BCUT2D eigenvalue weighted by atomic mass is 10.0. The summed E-state index contributed by atoms with van der Waals surface area (Å²) in [7, 11) is 0. The Morgan fingerprint density at radius 2 is 1.78 bits per heavy atom. The van der Waals surface area contributed by atoms with Crippen molar-refractivity contribution in [1.29, 1.82) is 0 Å². The zero-order valence-electron chi connectivity index (χ0n) is 20.3. The summed E-state index contributed by atoms with van der Waals surface area (Å²) in [6, 6.07) is 29.9. The maximum Gasteiger partial charge on any atom is 0.174 e. The average molecular weight is 507 g/mol. The molecule has 0 aliphatic carbocycles. The van der Waals surface area contributed by atoms with Crippen LogP contribution in [0.4, 0.5) is 5.69 Å². The van der Waals surface area contributed by atoms with E-state index in [1.54, 1.807) is 6.26 Å². The first-order valence-corrected chi connectivity index (χ1v) is 12.6. The van der Waals surface area contributed by atoms with Gasteiger partial charge < -0.3 is 23.9 Å². The van der Waals surface area contributed by atoms with Crippen molar-refractivity contribution in [2.45, 2.75) is 25.6 Å². The molecule has 0 unspecified atom stereocenters. The molecule has 0 saturated carbocycles. The summed E-state index contributed by atoms with van der Waals surface area (Å²) in [5.41, 5.74) is 4.11. The van der Waals surface area contributed by atoms with Gasteiger partial charge in [0.2, 0.25) is 0 Å². The molecular formula is C30H26N4O2S. The number of para-hydroxylation sites is 1. The molecule has 1 aliphatic heterocycles. The Morgan fingerprint density at radius 1 is 0.946 bits per heavy atom. The third-order valence-electron chi connectivity index (χ3n) is 6.61. The number of nitrogens with zero attached hydrogens (tertiary/aromatic N) is 3. The van der Waals surface area contributed by atoms with Crippen LogP contribution in [-0.4, -0.2) is 14.7 Å². The molecule has 184 valence electrons. The Kier molecular flexibility index (Phi) is 6.20. The number of rotatable bonds is 7. The van der Waals surface area contributed by atoms with Gasteiger partial charge in [-0.25, -0.2) is 0 Å². The van der Waals surface area contributed by atoms with Crippen LogP contribution in [0.15, 0.2) is 114 Å². The number of thiocarbonyl (C=S) groups is 1. The van der Waals surface area contributed by atoms with E-state index in [4.69, 9.17) is 21.4 Å². The summed E-state index contributed by atoms with van der Waals surface area (Å²) in [6.45, 7) is 2.67. The predicted octanol–water partition coefficient (Wildman–Crippen LogP) is 6.80. The van der Waals surface area contributed by atoms with Crippen molar-refractivity contribution in [3.05, 3.63) is 132 Å². The molecule has 37 heavy (non-hydrogen) atoms. The summed E-state index contributed by atoms with van der Waals surface area (Å²) in [4.78, 5) is 6.83. The maximum atomic E-state index is 6.13. The second kappa shape index (κ2) is 9.95. The molecule has 0 amide bonds. The zero-order chi connectivity index (χ0) is 25.2. The first kappa shape index (κ1) is 23.1. The topological polar surface area (TPSA) is 55.5 Å². The molecule has 6 rings (SSSR count). The van der Waals surface area contributed by atoms with Gasteiger partial charge in [-0.05, 0) is 91.4 Å². The van der Waals surface area contributed by atoms with Crippen LogP contribution in [0.5, 0.6) is 11.5 Å². The predicted molar refractivity (Wildman–Crippen MR) is 148 cm³/mol. The Balaban J connectivity index is 1.36. The molecule has 5 aromatic rings. The number of hydrogen-bond acceptors (Lipinski definition) is 4. The Morgan fingerprint density at radius 3 is 2.54 bits per heavy atom. The van der Waals surface area contributed by atoms with Gasteiger partial charge in [0.15, 0.2) is 5.11 Å². The van der Waals surface area contributed by atoms with Crippen LogP contribution in [0.25, 0.3) is 0 Å². The van der Waals surface area contributed by atoms with Crippen molar-refractivity contribution >= 4 is 23.0 Å². The fraction of sp³-hybridized carbons (Fsp3) is 0.133. The van der Waals surface area contributed by atoms with Gasteiger partial charge >= 0.3 is 0 Å². The third kappa shape index (κ3) is 4.61. The van der Waals surface area contributed by atoms with E-state index < -0.39 is 0 Å².